The molecule has 1 aliphatic rings. The van der Waals surface area contributed by atoms with Gasteiger partial charge in [0.2, 0.25) is 0 Å². The molecule has 4 nitrogen and oxygen atoms in total. The molecule has 2 aromatic rings. The Morgan fingerprint density at radius 3 is 3.06 bits per heavy atom. The zero-order valence-electron chi connectivity index (χ0n) is 10.3. The Kier molecular flexibility index (Phi) is 3.02. The molecule has 1 saturated carbocycles. The SMILES string of the molecule is COc1cccnc1-c1ccc(CNC2CC2)o1. The van der Waals surface area contributed by atoms with E-state index in [0.717, 1.165) is 29.5 Å². The van der Waals surface area contributed by atoms with Crippen molar-refractivity contribution in [2.45, 2.75) is 25.4 Å². The van der Waals surface area contributed by atoms with Crippen molar-refractivity contribution in [3.05, 3.63) is 36.2 Å². The minimum absolute atomic E-state index is 0.683. The topological polar surface area (TPSA) is 47.3 Å². The minimum atomic E-state index is 0.683. The van der Waals surface area contributed by atoms with Crippen LogP contribution in [0, 0.1) is 0 Å². The van der Waals surface area contributed by atoms with Gasteiger partial charge in [0.1, 0.15) is 17.2 Å². The van der Waals surface area contributed by atoms with E-state index in [9.17, 15) is 0 Å². The van der Waals surface area contributed by atoms with Crippen LogP contribution in [0.1, 0.15) is 18.6 Å². The van der Waals surface area contributed by atoms with E-state index in [1.165, 1.54) is 12.8 Å². The smallest absolute Gasteiger partial charge is 0.156 e. The highest BCUT2D eigenvalue weighted by Gasteiger charge is 2.20. The van der Waals surface area contributed by atoms with Crippen LogP contribution in [0.25, 0.3) is 11.5 Å². The van der Waals surface area contributed by atoms with Crippen LogP contribution < -0.4 is 10.1 Å². The van der Waals surface area contributed by atoms with Crippen molar-refractivity contribution in [2.24, 2.45) is 0 Å². The average Bonchev–Trinajstić information content (AvgIpc) is 3.13. The number of nitrogens with one attached hydrogen (secondary N) is 1. The summed E-state index contributed by atoms with van der Waals surface area (Å²) in [6, 6.07) is 8.34. The Balaban J connectivity index is 1.78. The maximum absolute atomic E-state index is 5.79. The standard InChI is InChI=1S/C14H16N2O2/c1-17-12-3-2-8-15-14(12)13-7-6-11(18-13)9-16-10-4-5-10/h2-3,6-8,10,16H,4-5,9H2,1H3. The fourth-order valence-corrected chi connectivity index (χ4v) is 1.87. The molecule has 3 rings (SSSR count). The number of nitrogens with zero attached hydrogens (tertiary/aromatic N) is 1. The van der Waals surface area contributed by atoms with Gasteiger partial charge in [0.15, 0.2) is 5.76 Å². The van der Waals surface area contributed by atoms with Gasteiger partial charge in [0.05, 0.1) is 13.7 Å². The van der Waals surface area contributed by atoms with Gasteiger partial charge in [-0.1, -0.05) is 0 Å². The van der Waals surface area contributed by atoms with Crippen molar-refractivity contribution in [1.29, 1.82) is 0 Å². The Bertz CT molecular complexity index is 532. The molecule has 1 N–H and O–H groups in total. The van der Waals surface area contributed by atoms with Gasteiger partial charge in [-0.3, -0.25) is 0 Å². The van der Waals surface area contributed by atoms with Crippen LogP contribution in [0.4, 0.5) is 0 Å². The van der Waals surface area contributed by atoms with E-state index in [-0.39, 0.29) is 0 Å². The second-order valence-corrected chi connectivity index (χ2v) is 4.48. The summed E-state index contributed by atoms with van der Waals surface area (Å²) in [6.07, 6.45) is 4.30. The second kappa shape index (κ2) is 4.82. The monoisotopic (exact) mass is 244 g/mol. The van der Waals surface area contributed by atoms with Crippen LogP contribution in [-0.2, 0) is 6.54 Å². The van der Waals surface area contributed by atoms with E-state index in [1.54, 1.807) is 13.3 Å². The molecule has 1 aliphatic carbocycles. The average molecular weight is 244 g/mol. The van der Waals surface area contributed by atoms with Crippen molar-refractivity contribution < 1.29 is 9.15 Å². The van der Waals surface area contributed by atoms with Gasteiger partial charge in [0, 0.05) is 12.2 Å². The molecule has 0 saturated heterocycles. The van der Waals surface area contributed by atoms with Crippen LogP contribution in [0.5, 0.6) is 5.75 Å². The van der Waals surface area contributed by atoms with Crippen LogP contribution in [0.2, 0.25) is 0 Å². The molecule has 0 amide bonds. The van der Waals surface area contributed by atoms with E-state index in [1.807, 2.05) is 24.3 Å². The fourth-order valence-electron chi connectivity index (χ4n) is 1.87. The number of aromatic nitrogens is 1. The van der Waals surface area contributed by atoms with Crippen molar-refractivity contribution in [3.8, 4) is 17.2 Å². The van der Waals surface area contributed by atoms with Crippen LogP contribution in [0.3, 0.4) is 0 Å². The molecule has 2 heterocycles. The molecule has 2 aromatic heterocycles. The summed E-state index contributed by atoms with van der Waals surface area (Å²) in [4.78, 5) is 4.30. The van der Waals surface area contributed by atoms with Crippen molar-refractivity contribution >= 4 is 0 Å². The number of rotatable bonds is 5. The van der Waals surface area contributed by atoms with Gasteiger partial charge < -0.3 is 14.5 Å². The lowest BCUT2D eigenvalue weighted by atomic mass is 10.2. The highest BCUT2D eigenvalue weighted by molar-refractivity contribution is 5.60. The summed E-state index contributed by atoms with van der Waals surface area (Å²) < 4.78 is 11.1. The molecule has 4 heteroatoms. The van der Waals surface area contributed by atoms with Crippen LogP contribution >= 0.6 is 0 Å². The first kappa shape index (κ1) is 11.3. The normalized spacial score (nSPS) is 14.7. The lowest BCUT2D eigenvalue weighted by molar-refractivity contribution is 0.411. The highest BCUT2D eigenvalue weighted by atomic mass is 16.5. The lowest BCUT2D eigenvalue weighted by Crippen LogP contribution is -2.14. The maximum atomic E-state index is 5.79. The predicted molar refractivity (Wildman–Crippen MR) is 68.4 cm³/mol. The van der Waals surface area contributed by atoms with Crippen LogP contribution in [-0.4, -0.2) is 18.1 Å². The molecule has 0 bridgehead atoms. The van der Waals surface area contributed by atoms with Gasteiger partial charge in [-0.2, -0.15) is 0 Å². The molecule has 0 atom stereocenters. The van der Waals surface area contributed by atoms with E-state index < -0.39 is 0 Å². The second-order valence-electron chi connectivity index (χ2n) is 4.48. The van der Waals surface area contributed by atoms with Gasteiger partial charge in [-0.25, -0.2) is 4.98 Å². The summed E-state index contributed by atoms with van der Waals surface area (Å²) in [5.41, 5.74) is 0.748. The maximum Gasteiger partial charge on any atom is 0.156 e. The number of hydrogen-bond acceptors (Lipinski definition) is 4. The first-order valence-corrected chi connectivity index (χ1v) is 6.18. The van der Waals surface area contributed by atoms with E-state index >= 15 is 0 Å². The highest BCUT2D eigenvalue weighted by Crippen LogP contribution is 2.29. The van der Waals surface area contributed by atoms with Gasteiger partial charge in [0.25, 0.3) is 0 Å². The summed E-state index contributed by atoms with van der Waals surface area (Å²) in [6.45, 7) is 0.778. The van der Waals surface area contributed by atoms with E-state index in [4.69, 9.17) is 9.15 Å². The molecule has 1 fully saturated rings. The third-order valence-corrected chi connectivity index (χ3v) is 3.03. The number of methoxy groups -OCH3 is 1. The first-order chi connectivity index (χ1) is 8.86. The third kappa shape index (κ3) is 2.38. The molecule has 0 aromatic carbocycles. The van der Waals surface area contributed by atoms with Gasteiger partial charge >= 0.3 is 0 Å². The van der Waals surface area contributed by atoms with Crippen molar-refractivity contribution in [1.82, 2.24) is 10.3 Å². The lowest BCUT2D eigenvalue weighted by Gasteiger charge is -2.04. The van der Waals surface area contributed by atoms with E-state index in [2.05, 4.69) is 10.3 Å². The van der Waals surface area contributed by atoms with Gasteiger partial charge in [-0.15, -0.1) is 0 Å². The summed E-state index contributed by atoms with van der Waals surface area (Å²) in [7, 11) is 1.64. The molecule has 0 radical (unpaired) electrons. The zero-order valence-corrected chi connectivity index (χ0v) is 10.3. The Morgan fingerprint density at radius 2 is 2.28 bits per heavy atom. The van der Waals surface area contributed by atoms with Crippen molar-refractivity contribution in [3.63, 3.8) is 0 Å². The Hall–Kier alpha value is -1.81. The van der Waals surface area contributed by atoms with Crippen molar-refractivity contribution in [2.75, 3.05) is 7.11 Å². The molecule has 0 spiro atoms. The van der Waals surface area contributed by atoms with Gasteiger partial charge in [-0.05, 0) is 37.1 Å². The summed E-state index contributed by atoms with van der Waals surface area (Å²) in [5.74, 6) is 2.42. The number of furan rings is 1. The molecule has 0 unspecified atom stereocenters. The number of hydrogen-bond donors (Lipinski definition) is 1. The molecule has 94 valence electrons. The Labute approximate surface area is 106 Å². The summed E-state index contributed by atoms with van der Waals surface area (Å²) in [5, 5.41) is 3.42. The molecule has 18 heavy (non-hydrogen) atoms. The molecular formula is C14H16N2O2. The predicted octanol–water partition coefficient (Wildman–Crippen LogP) is 2.60. The van der Waals surface area contributed by atoms with E-state index in [0.29, 0.717) is 6.04 Å². The fraction of sp³-hybridized carbons (Fsp3) is 0.357. The molecule has 0 aliphatic heterocycles. The van der Waals surface area contributed by atoms with Crippen LogP contribution in [0.15, 0.2) is 34.9 Å². The minimum Gasteiger partial charge on any atom is -0.494 e. The number of ether oxygens (including phenoxy) is 1. The third-order valence-electron chi connectivity index (χ3n) is 3.03. The summed E-state index contributed by atoms with van der Waals surface area (Å²) >= 11 is 0. The zero-order chi connectivity index (χ0) is 12.4. The first-order valence-electron chi connectivity index (χ1n) is 6.18. The Morgan fingerprint density at radius 1 is 1.39 bits per heavy atom. The number of pyridine rings is 1. The molecular weight excluding hydrogens is 228 g/mol. The quantitative estimate of drug-likeness (QED) is 0.878. The largest absolute Gasteiger partial charge is 0.494 e.